The van der Waals surface area contributed by atoms with Crippen LogP contribution < -0.4 is 0 Å². The maximum absolute atomic E-state index is 12.7. The molecule has 0 bridgehead atoms. The number of benzene rings is 1. The van der Waals surface area contributed by atoms with Crippen molar-refractivity contribution in [3.63, 3.8) is 0 Å². The predicted octanol–water partition coefficient (Wildman–Crippen LogP) is 2.46. The third-order valence-corrected chi connectivity index (χ3v) is 2.85. The second-order valence-corrected chi connectivity index (χ2v) is 4.60. The average Bonchev–Trinajstić information content (AvgIpc) is 2.91. The smallest absolute Gasteiger partial charge is 0.123 e. The molecule has 1 aromatic carbocycles. The Balaban J connectivity index is 2.06. The molecule has 1 saturated heterocycles. The van der Waals surface area contributed by atoms with E-state index in [1.54, 1.807) is 0 Å². The SMILES string of the molecule is CC(C)(Cc1ccc(F)cc1)N1CC1. The Morgan fingerprint density at radius 2 is 1.79 bits per heavy atom. The van der Waals surface area contributed by atoms with Gasteiger partial charge in [-0.25, -0.2) is 4.39 Å². The van der Waals surface area contributed by atoms with Crippen LogP contribution >= 0.6 is 0 Å². The van der Waals surface area contributed by atoms with Gasteiger partial charge in [-0.1, -0.05) is 12.1 Å². The minimum Gasteiger partial charge on any atom is -0.295 e. The zero-order chi connectivity index (χ0) is 10.2. The third kappa shape index (κ3) is 2.13. The highest BCUT2D eigenvalue weighted by molar-refractivity contribution is 5.19. The molecule has 2 rings (SSSR count). The lowest BCUT2D eigenvalue weighted by Gasteiger charge is -2.26. The quantitative estimate of drug-likeness (QED) is 0.666. The molecule has 0 atom stereocenters. The normalized spacial score (nSPS) is 17.1. The van der Waals surface area contributed by atoms with E-state index in [2.05, 4.69) is 18.7 Å². The lowest BCUT2D eigenvalue weighted by molar-refractivity contribution is 0.279. The molecule has 0 aliphatic carbocycles. The summed E-state index contributed by atoms with van der Waals surface area (Å²) < 4.78 is 12.7. The van der Waals surface area contributed by atoms with E-state index in [0.717, 1.165) is 6.42 Å². The molecule has 0 spiro atoms. The first-order chi connectivity index (χ1) is 6.58. The largest absolute Gasteiger partial charge is 0.295 e. The Kier molecular flexibility index (Phi) is 2.31. The maximum atomic E-state index is 12.7. The first-order valence-electron chi connectivity index (χ1n) is 5.07. The van der Waals surface area contributed by atoms with E-state index in [1.165, 1.54) is 30.8 Å². The Morgan fingerprint density at radius 3 is 2.29 bits per heavy atom. The Bertz CT molecular complexity index is 312. The van der Waals surface area contributed by atoms with Crippen LogP contribution in [0.1, 0.15) is 19.4 Å². The van der Waals surface area contributed by atoms with Crippen molar-refractivity contribution in [2.45, 2.75) is 25.8 Å². The van der Waals surface area contributed by atoms with Gasteiger partial charge in [-0.2, -0.15) is 0 Å². The number of nitrogens with zero attached hydrogens (tertiary/aromatic N) is 1. The van der Waals surface area contributed by atoms with Gasteiger partial charge in [0.15, 0.2) is 0 Å². The summed E-state index contributed by atoms with van der Waals surface area (Å²) in [7, 11) is 0. The summed E-state index contributed by atoms with van der Waals surface area (Å²) in [5, 5.41) is 0. The van der Waals surface area contributed by atoms with Crippen molar-refractivity contribution < 1.29 is 4.39 Å². The Morgan fingerprint density at radius 1 is 1.21 bits per heavy atom. The van der Waals surface area contributed by atoms with E-state index < -0.39 is 0 Å². The molecule has 1 nitrogen and oxygen atoms in total. The van der Waals surface area contributed by atoms with E-state index in [9.17, 15) is 4.39 Å². The molecule has 0 N–H and O–H groups in total. The van der Waals surface area contributed by atoms with Gasteiger partial charge in [-0.3, -0.25) is 4.90 Å². The highest BCUT2D eigenvalue weighted by Crippen LogP contribution is 2.26. The highest BCUT2D eigenvalue weighted by atomic mass is 19.1. The fourth-order valence-electron chi connectivity index (χ4n) is 1.87. The number of hydrogen-bond acceptors (Lipinski definition) is 1. The van der Waals surface area contributed by atoms with Gasteiger partial charge in [0.1, 0.15) is 5.82 Å². The molecule has 2 heteroatoms. The fourth-order valence-corrected chi connectivity index (χ4v) is 1.87. The van der Waals surface area contributed by atoms with Crippen molar-refractivity contribution >= 4 is 0 Å². The molecular weight excluding hydrogens is 177 g/mol. The molecule has 1 heterocycles. The minimum absolute atomic E-state index is 0.154. The van der Waals surface area contributed by atoms with Gasteiger partial charge in [0.25, 0.3) is 0 Å². The molecular formula is C12H16FN. The average molecular weight is 193 g/mol. The summed E-state index contributed by atoms with van der Waals surface area (Å²) in [5.41, 5.74) is 1.43. The topological polar surface area (TPSA) is 3.01 Å². The zero-order valence-corrected chi connectivity index (χ0v) is 8.76. The molecule has 0 amide bonds. The number of hydrogen-bond donors (Lipinski definition) is 0. The molecule has 1 aromatic rings. The van der Waals surface area contributed by atoms with Crippen LogP contribution in [0, 0.1) is 5.82 Å². The van der Waals surface area contributed by atoms with Crippen molar-refractivity contribution in [2.24, 2.45) is 0 Å². The lowest BCUT2D eigenvalue weighted by Crippen LogP contribution is -2.32. The van der Waals surface area contributed by atoms with Crippen LogP contribution in [-0.2, 0) is 6.42 Å². The second kappa shape index (κ2) is 3.35. The van der Waals surface area contributed by atoms with Crippen LogP contribution in [-0.4, -0.2) is 23.5 Å². The first-order valence-corrected chi connectivity index (χ1v) is 5.07. The molecule has 0 saturated carbocycles. The molecule has 14 heavy (non-hydrogen) atoms. The summed E-state index contributed by atoms with van der Waals surface area (Å²) in [5.74, 6) is -0.154. The highest BCUT2D eigenvalue weighted by Gasteiger charge is 2.34. The van der Waals surface area contributed by atoms with Gasteiger partial charge >= 0.3 is 0 Å². The van der Waals surface area contributed by atoms with Gasteiger partial charge in [0.2, 0.25) is 0 Å². The molecule has 0 aromatic heterocycles. The van der Waals surface area contributed by atoms with E-state index in [0.29, 0.717) is 0 Å². The van der Waals surface area contributed by atoms with Crippen LogP contribution in [0.15, 0.2) is 24.3 Å². The number of rotatable bonds is 3. The molecule has 76 valence electrons. The zero-order valence-electron chi connectivity index (χ0n) is 8.76. The third-order valence-electron chi connectivity index (χ3n) is 2.85. The second-order valence-electron chi connectivity index (χ2n) is 4.60. The van der Waals surface area contributed by atoms with Crippen LogP contribution in [0.5, 0.6) is 0 Å². The van der Waals surface area contributed by atoms with Gasteiger partial charge in [-0.15, -0.1) is 0 Å². The van der Waals surface area contributed by atoms with Crippen LogP contribution in [0.25, 0.3) is 0 Å². The van der Waals surface area contributed by atoms with Crippen molar-refractivity contribution in [2.75, 3.05) is 13.1 Å². The van der Waals surface area contributed by atoms with E-state index in [-0.39, 0.29) is 11.4 Å². The van der Waals surface area contributed by atoms with Gasteiger partial charge in [0.05, 0.1) is 0 Å². The van der Waals surface area contributed by atoms with Crippen LogP contribution in [0.2, 0.25) is 0 Å². The lowest BCUT2D eigenvalue weighted by atomic mass is 9.95. The Hall–Kier alpha value is -0.890. The van der Waals surface area contributed by atoms with Gasteiger partial charge in [-0.05, 0) is 38.0 Å². The molecule has 1 aliphatic heterocycles. The van der Waals surface area contributed by atoms with E-state index in [4.69, 9.17) is 0 Å². The maximum Gasteiger partial charge on any atom is 0.123 e. The summed E-state index contributed by atoms with van der Waals surface area (Å²) >= 11 is 0. The fraction of sp³-hybridized carbons (Fsp3) is 0.500. The van der Waals surface area contributed by atoms with E-state index >= 15 is 0 Å². The minimum atomic E-state index is -0.154. The number of halogens is 1. The Labute approximate surface area is 84.5 Å². The molecule has 1 fully saturated rings. The van der Waals surface area contributed by atoms with E-state index in [1.807, 2.05) is 12.1 Å². The summed E-state index contributed by atoms with van der Waals surface area (Å²) in [6.07, 6.45) is 0.993. The van der Waals surface area contributed by atoms with Crippen LogP contribution in [0.3, 0.4) is 0 Å². The summed E-state index contributed by atoms with van der Waals surface area (Å²) in [4.78, 5) is 2.43. The summed E-state index contributed by atoms with van der Waals surface area (Å²) in [6.45, 7) is 6.88. The van der Waals surface area contributed by atoms with Gasteiger partial charge < -0.3 is 0 Å². The first kappa shape index (κ1) is 9.66. The van der Waals surface area contributed by atoms with Crippen molar-refractivity contribution in [1.29, 1.82) is 0 Å². The van der Waals surface area contributed by atoms with Crippen LogP contribution in [0.4, 0.5) is 4.39 Å². The monoisotopic (exact) mass is 193 g/mol. The van der Waals surface area contributed by atoms with Gasteiger partial charge in [0, 0.05) is 18.6 Å². The van der Waals surface area contributed by atoms with Crippen molar-refractivity contribution in [1.82, 2.24) is 4.90 Å². The van der Waals surface area contributed by atoms with Crippen molar-refractivity contribution in [3.8, 4) is 0 Å². The molecule has 0 radical (unpaired) electrons. The van der Waals surface area contributed by atoms with Crippen molar-refractivity contribution in [3.05, 3.63) is 35.6 Å². The molecule has 1 aliphatic rings. The summed E-state index contributed by atoms with van der Waals surface area (Å²) in [6, 6.07) is 6.82. The molecule has 0 unspecified atom stereocenters. The standard InChI is InChI=1S/C12H16FN/c1-12(2,14-7-8-14)9-10-3-5-11(13)6-4-10/h3-6H,7-9H2,1-2H3. The predicted molar refractivity (Wildman–Crippen MR) is 55.8 cm³/mol.